The summed E-state index contributed by atoms with van der Waals surface area (Å²) in [6.07, 6.45) is 1.59. The van der Waals surface area contributed by atoms with E-state index in [9.17, 15) is 4.39 Å². The lowest BCUT2D eigenvalue weighted by Crippen LogP contribution is -2.20. The molecule has 0 aromatic carbocycles. The van der Waals surface area contributed by atoms with Crippen molar-refractivity contribution < 1.29 is 9.13 Å². The second-order valence-corrected chi connectivity index (χ2v) is 3.45. The van der Waals surface area contributed by atoms with Crippen LogP contribution in [0.25, 0.3) is 0 Å². The molecule has 0 aliphatic heterocycles. The first-order valence-corrected chi connectivity index (χ1v) is 5.49. The van der Waals surface area contributed by atoms with Crippen LogP contribution in [0.1, 0.15) is 19.4 Å². The molecule has 0 saturated carbocycles. The van der Waals surface area contributed by atoms with Crippen molar-refractivity contribution in [3.8, 4) is 5.88 Å². The van der Waals surface area contributed by atoms with Crippen LogP contribution in [0.3, 0.4) is 0 Å². The number of aromatic nitrogens is 1. The molecule has 4 heteroatoms. The number of likely N-dealkylation sites (N-methyl/N-ethyl adjacent to an activating group) is 1. The highest BCUT2D eigenvalue weighted by Crippen LogP contribution is 2.13. The molecular weight excluding hydrogens is 207 g/mol. The molecule has 1 aromatic heterocycles. The van der Waals surface area contributed by atoms with Gasteiger partial charge in [-0.05, 0) is 32.6 Å². The molecule has 0 bridgehead atoms. The summed E-state index contributed by atoms with van der Waals surface area (Å²) in [6.45, 7) is 6.98. The van der Waals surface area contributed by atoms with Crippen LogP contribution in [0.4, 0.5) is 4.39 Å². The van der Waals surface area contributed by atoms with Crippen molar-refractivity contribution in [2.75, 3.05) is 27.2 Å². The van der Waals surface area contributed by atoms with E-state index < -0.39 is 5.82 Å². The molecule has 0 N–H and O–H groups in total. The van der Waals surface area contributed by atoms with Gasteiger partial charge in [0.15, 0.2) is 5.82 Å². The van der Waals surface area contributed by atoms with E-state index >= 15 is 0 Å². The third-order valence-corrected chi connectivity index (χ3v) is 1.72. The zero-order valence-corrected chi connectivity index (χ0v) is 10.7. The Hall–Kier alpha value is -1.16. The molecule has 0 saturated heterocycles. The van der Waals surface area contributed by atoms with Crippen LogP contribution in [0.15, 0.2) is 12.3 Å². The number of hydrogen-bond donors (Lipinski definition) is 0. The Morgan fingerprint density at radius 3 is 2.50 bits per heavy atom. The van der Waals surface area contributed by atoms with Gasteiger partial charge in [-0.1, -0.05) is 13.8 Å². The van der Waals surface area contributed by atoms with Crippen molar-refractivity contribution >= 4 is 0 Å². The van der Waals surface area contributed by atoms with Gasteiger partial charge < -0.3 is 9.64 Å². The van der Waals surface area contributed by atoms with Crippen molar-refractivity contribution in [3.63, 3.8) is 0 Å². The molecule has 16 heavy (non-hydrogen) atoms. The second kappa shape index (κ2) is 8.05. The Kier molecular flexibility index (Phi) is 7.46. The fourth-order valence-corrected chi connectivity index (χ4v) is 0.952. The molecule has 0 spiro atoms. The molecule has 1 heterocycles. The summed E-state index contributed by atoms with van der Waals surface area (Å²) in [6, 6.07) is 1.41. The first kappa shape index (κ1) is 14.8. The van der Waals surface area contributed by atoms with Crippen LogP contribution >= 0.6 is 0 Å². The summed E-state index contributed by atoms with van der Waals surface area (Å²) in [7, 11) is 3.87. The summed E-state index contributed by atoms with van der Waals surface area (Å²) in [5.41, 5.74) is 0.794. The Morgan fingerprint density at radius 2 is 2.00 bits per heavy atom. The first-order valence-electron chi connectivity index (χ1n) is 5.49. The van der Waals surface area contributed by atoms with E-state index in [4.69, 9.17) is 4.74 Å². The second-order valence-electron chi connectivity index (χ2n) is 3.45. The minimum atomic E-state index is -0.399. The lowest BCUT2D eigenvalue weighted by Gasteiger charge is -2.10. The van der Waals surface area contributed by atoms with Gasteiger partial charge in [-0.3, -0.25) is 0 Å². The van der Waals surface area contributed by atoms with E-state index in [0.29, 0.717) is 6.61 Å². The Bertz CT molecular complexity index is 303. The summed E-state index contributed by atoms with van der Waals surface area (Å²) in [5, 5.41) is 0. The molecular formula is C12H21FN2O. The Labute approximate surface area is 97.3 Å². The van der Waals surface area contributed by atoms with Gasteiger partial charge in [0, 0.05) is 12.7 Å². The summed E-state index contributed by atoms with van der Waals surface area (Å²) < 4.78 is 18.3. The molecule has 92 valence electrons. The summed E-state index contributed by atoms with van der Waals surface area (Å²) >= 11 is 0. The smallest absolute Gasteiger partial charge is 0.250 e. The van der Waals surface area contributed by atoms with Gasteiger partial charge in [0.25, 0.3) is 0 Å². The van der Waals surface area contributed by atoms with Crippen LogP contribution in [0, 0.1) is 12.7 Å². The van der Waals surface area contributed by atoms with Crippen molar-refractivity contribution in [2.24, 2.45) is 0 Å². The summed E-state index contributed by atoms with van der Waals surface area (Å²) in [5.74, 6) is -0.318. The van der Waals surface area contributed by atoms with Crippen LogP contribution in [0.5, 0.6) is 5.88 Å². The number of ether oxygens (including phenoxy) is 1. The third kappa shape index (κ3) is 5.66. The fraction of sp³-hybridized carbons (Fsp3) is 0.583. The highest BCUT2D eigenvalue weighted by atomic mass is 19.1. The normalized spacial score (nSPS) is 9.69. The predicted molar refractivity (Wildman–Crippen MR) is 64.3 cm³/mol. The first-order chi connectivity index (χ1) is 7.59. The SMILES string of the molecule is CC.Cc1cnc(OCCN(C)C)c(F)c1. The van der Waals surface area contributed by atoms with Crippen molar-refractivity contribution in [2.45, 2.75) is 20.8 Å². The summed E-state index contributed by atoms with van der Waals surface area (Å²) in [4.78, 5) is 5.82. The molecule has 0 atom stereocenters. The maximum atomic E-state index is 13.2. The van der Waals surface area contributed by atoms with Crippen LogP contribution in [0.2, 0.25) is 0 Å². The fourth-order valence-electron chi connectivity index (χ4n) is 0.952. The van der Waals surface area contributed by atoms with E-state index in [1.807, 2.05) is 32.8 Å². The average Bonchev–Trinajstić information content (AvgIpc) is 2.24. The van der Waals surface area contributed by atoms with E-state index in [1.165, 1.54) is 6.07 Å². The number of halogens is 1. The van der Waals surface area contributed by atoms with E-state index in [0.717, 1.165) is 12.1 Å². The number of nitrogens with zero attached hydrogens (tertiary/aromatic N) is 2. The van der Waals surface area contributed by atoms with Gasteiger partial charge >= 0.3 is 0 Å². The molecule has 0 amide bonds. The topological polar surface area (TPSA) is 25.4 Å². The van der Waals surface area contributed by atoms with Crippen LogP contribution < -0.4 is 4.74 Å². The van der Waals surface area contributed by atoms with E-state index in [2.05, 4.69) is 4.98 Å². The third-order valence-electron chi connectivity index (χ3n) is 1.72. The van der Waals surface area contributed by atoms with Crippen LogP contribution in [-0.4, -0.2) is 37.1 Å². The van der Waals surface area contributed by atoms with Gasteiger partial charge in [0.05, 0.1) is 0 Å². The van der Waals surface area contributed by atoms with Crippen LogP contribution in [-0.2, 0) is 0 Å². The average molecular weight is 228 g/mol. The van der Waals surface area contributed by atoms with Gasteiger partial charge in [0.2, 0.25) is 5.88 Å². The number of hydrogen-bond acceptors (Lipinski definition) is 3. The molecule has 0 fully saturated rings. The molecule has 0 aliphatic carbocycles. The molecule has 0 aliphatic rings. The molecule has 0 unspecified atom stereocenters. The number of rotatable bonds is 4. The lowest BCUT2D eigenvalue weighted by molar-refractivity contribution is 0.244. The standard InChI is InChI=1S/C10H15FN2O.C2H6/c1-8-6-9(11)10(12-7-8)14-5-4-13(2)3;1-2/h6-7H,4-5H2,1-3H3;1-2H3. The minimum Gasteiger partial charge on any atom is -0.474 e. The van der Waals surface area contributed by atoms with E-state index in [1.54, 1.807) is 13.1 Å². The van der Waals surface area contributed by atoms with Crippen molar-refractivity contribution in [3.05, 3.63) is 23.6 Å². The minimum absolute atomic E-state index is 0.0810. The highest BCUT2D eigenvalue weighted by molar-refractivity contribution is 5.18. The zero-order valence-electron chi connectivity index (χ0n) is 10.7. The van der Waals surface area contributed by atoms with E-state index in [-0.39, 0.29) is 5.88 Å². The predicted octanol–water partition coefficient (Wildman–Crippen LogP) is 2.50. The van der Waals surface area contributed by atoms with Gasteiger partial charge in [-0.25, -0.2) is 9.37 Å². The molecule has 3 nitrogen and oxygen atoms in total. The van der Waals surface area contributed by atoms with Gasteiger partial charge in [0.1, 0.15) is 6.61 Å². The maximum Gasteiger partial charge on any atom is 0.250 e. The van der Waals surface area contributed by atoms with Crippen molar-refractivity contribution in [1.29, 1.82) is 0 Å². The van der Waals surface area contributed by atoms with Gasteiger partial charge in [-0.15, -0.1) is 0 Å². The highest BCUT2D eigenvalue weighted by Gasteiger charge is 2.04. The largest absolute Gasteiger partial charge is 0.474 e. The quantitative estimate of drug-likeness (QED) is 0.791. The molecule has 1 rings (SSSR count). The van der Waals surface area contributed by atoms with Gasteiger partial charge in [-0.2, -0.15) is 0 Å². The maximum absolute atomic E-state index is 13.2. The zero-order chi connectivity index (χ0) is 12.6. The Balaban J connectivity index is 0.00000106. The molecule has 0 radical (unpaired) electrons. The Morgan fingerprint density at radius 1 is 1.38 bits per heavy atom. The van der Waals surface area contributed by atoms with Crippen molar-refractivity contribution in [1.82, 2.24) is 9.88 Å². The molecule has 1 aromatic rings. The number of aryl methyl sites for hydroxylation is 1. The monoisotopic (exact) mass is 228 g/mol. The number of pyridine rings is 1. The lowest BCUT2D eigenvalue weighted by atomic mass is 10.3.